The molecular formula is C47H32N4. The first-order valence-corrected chi connectivity index (χ1v) is 17.6. The predicted molar refractivity (Wildman–Crippen MR) is 215 cm³/mol. The summed E-state index contributed by atoms with van der Waals surface area (Å²) in [5.74, 6) is 0. The van der Waals surface area contributed by atoms with E-state index in [0.717, 1.165) is 28.3 Å². The largest absolute Gasteiger partial charge is 0.347 e. The number of anilines is 1. The van der Waals surface area contributed by atoms with E-state index in [1.807, 2.05) is 0 Å². The molecule has 0 amide bonds. The minimum atomic E-state index is -0.214. The Hall–Kier alpha value is -6.65. The molecule has 240 valence electrons. The Bertz CT molecular complexity index is 3050. The molecule has 0 saturated carbocycles. The standard InChI is InChI=1S/C47H32N4/c1-49-41-22-12-10-20-39(41)48-46(33-24-23-30-13-5-6-15-32(30)27-33)47(49)51-42-26-25-31-14-7-8-18-35(31)45(42)38-28-37-36-19-9-11-21-40(36)50(43(37)29-44(38)51)34-16-3-2-4-17-34/h2-29,47H,1H3. The third-order valence-corrected chi connectivity index (χ3v) is 10.9. The maximum absolute atomic E-state index is 5.50. The van der Waals surface area contributed by atoms with Crippen LogP contribution in [0.1, 0.15) is 11.7 Å². The molecule has 0 N–H and O–H groups in total. The van der Waals surface area contributed by atoms with Gasteiger partial charge in [-0.25, -0.2) is 4.99 Å². The number of para-hydroxylation sites is 4. The van der Waals surface area contributed by atoms with E-state index >= 15 is 0 Å². The number of fused-ring (bicyclic) bond motifs is 10. The van der Waals surface area contributed by atoms with Gasteiger partial charge >= 0.3 is 0 Å². The summed E-state index contributed by atoms with van der Waals surface area (Å²) in [5, 5.41) is 9.94. The fourth-order valence-corrected chi connectivity index (χ4v) is 8.61. The summed E-state index contributed by atoms with van der Waals surface area (Å²) >= 11 is 0. The van der Waals surface area contributed by atoms with E-state index in [9.17, 15) is 0 Å². The summed E-state index contributed by atoms with van der Waals surface area (Å²) in [4.78, 5) is 7.91. The zero-order valence-corrected chi connectivity index (χ0v) is 28.0. The molecule has 11 rings (SSSR count). The Labute approximate surface area is 294 Å². The lowest BCUT2D eigenvalue weighted by molar-refractivity contribution is 0.657. The number of nitrogens with zero attached hydrogens (tertiary/aromatic N) is 4. The third kappa shape index (κ3) is 4.05. The van der Waals surface area contributed by atoms with Gasteiger partial charge in [0.1, 0.15) is 0 Å². The summed E-state index contributed by atoms with van der Waals surface area (Å²) in [6.07, 6.45) is -0.214. The molecule has 10 aromatic rings. The van der Waals surface area contributed by atoms with Crippen LogP contribution in [0.4, 0.5) is 11.4 Å². The van der Waals surface area contributed by atoms with Gasteiger partial charge in [-0.3, -0.25) is 0 Å². The van der Waals surface area contributed by atoms with Gasteiger partial charge in [0, 0.05) is 39.8 Å². The number of aromatic nitrogens is 2. The summed E-state index contributed by atoms with van der Waals surface area (Å²) in [7, 11) is 2.22. The van der Waals surface area contributed by atoms with Crippen LogP contribution in [0.3, 0.4) is 0 Å². The molecule has 1 unspecified atom stereocenters. The molecule has 51 heavy (non-hydrogen) atoms. The van der Waals surface area contributed by atoms with Crippen molar-refractivity contribution in [2.45, 2.75) is 6.17 Å². The molecule has 2 aromatic heterocycles. The van der Waals surface area contributed by atoms with Crippen molar-refractivity contribution < 1.29 is 0 Å². The van der Waals surface area contributed by atoms with Crippen LogP contribution in [0.15, 0.2) is 175 Å². The number of likely N-dealkylation sites (N-methyl/N-ethyl adjacent to an activating group) is 1. The molecule has 3 heterocycles. The molecule has 4 nitrogen and oxygen atoms in total. The van der Waals surface area contributed by atoms with E-state index in [4.69, 9.17) is 4.99 Å². The van der Waals surface area contributed by atoms with Gasteiger partial charge in [-0.05, 0) is 76.1 Å². The van der Waals surface area contributed by atoms with Gasteiger partial charge in [-0.1, -0.05) is 115 Å². The van der Waals surface area contributed by atoms with Crippen LogP contribution < -0.4 is 4.90 Å². The quantitative estimate of drug-likeness (QED) is 0.186. The van der Waals surface area contributed by atoms with Crippen molar-refractivity contribution in [2.75, 3.05) is 11.9 Å². The smallest absolute Gasteiger partial charge is 0.150 e. The van der Waals surface area contributed by atoms with Crippen molar-refractivity contribution in [1.29, 1.82) is 0 Å². The minimum Gasteiger partial charge on any atom is -0.347 e. The lowest BCUT2D eigenvalue weighted by Gasteiger charge is -2.37. The minimum absolute atomic E-state index is 0.214. The first-order valence-electron chi connectivity index (χ1n) is 17.6. The molecule has 1 aliphatic rings. The van der Waals surface area contributed by atoms with E-state index in [1.54, 1.807) is 0 Å². The molecular weight excluding hydrogens is 621 g/mol. The van der Waals surface area contributed by atoms with Gasteiger partial charge in [0.25, 0.3) is 0 Å². The maximum Gasteiger partial charge on any atom is 0.150 e. The zero-order valence-electron chi connectivity index (χ0n) is 28.0. The van der Waals surface area contributed by atoms with Crippen LogP contribution in [-0.2, 0) is 0 Å². The zero-order chi connectivity index (χ0) is 33.6. The van der Waals surface area contributed by atoms with Crippen molar-refractivity contribution in [3.05, 3.63) is 175 Å². The van der Waals surface area contributed by atoms with Crippen LogP contribution in [0.2, 0.25) is 0 Å². The number of hydrogen-bond acceptors (Lipinski definition) is 2. The van der Waals surface area contributed by atoms with Crippen molar-refractivity contribution >= 4 is 82.2 Å². The molecule has 0 saturated heterocycles. The average molecular weight is 653 g/mol. The van der Waals surface area contributed by atoms with E-state index in [0.29, 0.717) is 0 Å². The summed E-state index contributed by atoms with van der Waals surface area (Å²) in [5.41, 5.74) is 10.2. The second-order valence-electron chi connectivity index (χ2n) is 13.7. The first kappa shape index (κ1) is 28.2. The highest BCUT2D eigenvalue weighted by Crippen LogP contribution is 2.46. The van der Waals surface area contributed by atoms with Crippen molar-refractivity contribution in [1.82, 2.24) is 9.13 Å². The highest BCUT2D eigenvalue weighted by atomic mass is 15.3. The fourth-order valence-electron chi connectivity index (χ4n) is 8.61. The number of rotatable bonds is 3. The Morgan fingerprint density at radius 2 is 1.18 bits per heavy atom. The monoisotopic (exact) mass is 652 g/mol. The summed E-state index contributed by atoms with van der Waals surface area (Å²) in [6.45, 7) is 0. The van der Waals surface area contributed by atoms with Crippen LogP contribution in [0.5, 0.6) is 0 Å². The van der Waals surface area contributed by atoms with Gasteiger partial charge in [-0.2, -0.15) is 0 Å². The van der Waals surface area contributed by atoms with Crippen LogP contribution >= 0.6 is 0 Å². The highest BCUT2D eigenvalue weighted by molar-refractivity contribution is 6.26. The number of benzene rings is 8. The van der Waals surface area contributed by atoms with Crippen LogP contribution in [0.25, 0.3) is 70.8 Å². The van der Waals surface area contributed by atoms with E-state index in [1.165, 1.54) is 65.2 Å². The molecule has 0 aliphatic carbocycles. The molecule has 0 spiro atoms. The molecule has 1 aliphatic heterocycles. The Morgan fingerprint density at radius 3 is 2.06 bits per heavy atom. The molecule has 8 aromatic carbocycles. The second kappa shape index (κ2) is 10.7. The normalized spacial score (nSPS) is 14.6. The maximum atomic E-state index is 5.50. The third-order valence-electron chi connectivity index (χ3n) is 10.9. The summed E-state index contributed by atoms with van der Waals surface area (Å²) in [6, 6.07) is 61.7. The molecule has 0 fully saturated rings. The Balaban J connectivity index is 1.30. The van der Waals surface area contributed by atoms with Gasteiger partial charge in [0.2, 0.25) is 0 Å². The molecule has 1 atom stereocenters. The molecule has 0 bridgehead atoms. The second-order valence-corrected chi connectivity index (χ2v) is 13.7. The Kier molecular flexibility index (Phi) is 5.90. The lowest BCUT2D eigenvalue weighted by Crippen LogP contribution is -2.38. The van der Waals surface area contributed by atoms with Crippen molar-refractivity contribution in [3.63, 3.8) is 0 Å². The topological polar surface area (TPSA) is 25.5 Å². The van der Waals surface area contributed by atoms with E-state index in [2.05, 4.69) is 191 Å². The van der Waals surface area contributed by atoms with Crippen molar-refractivity contribution in [2.24, 2.45) is 4.99 Å². The molecule has 4 heteroatoms. The number of hydrogen-bond donors (Lipinski definition) is 0. The van der Waals surface area contributed by atoms with Crippen molar-refractivity contribution in [3.8, 4) is 5.69 Å². The molecule has 0 radical (unpaired) electrons. The van der Waals surface area contributed by atoms with E-state index in [-0.39, 0.29) is 6.17 Å². The van der Waals surface area contributed by atoms with Crippen LogP contribution in [0, 0.1) is 0 Å². The van der Waals surface area contributed by atoms with Gasteiger partial charge < -0.3 is 14.0 Å². The number of aliphatic imine (C=N–C) groups is 1. The average Bonchev–Trinajstić information content (AvgIpc) is 3.69. The SMILES string of the molecule is CN1c2ccccc2N=C(c2ccc3ccccc3c2)C1n1c2cc3c(cc2c2c4ccccc4ccc21)c1ccccc1n3-c1ccccc1. The Morgan fingerprint density at radius 1 is 0.471 bits per heavy atom. The van der Waals surface area contributed by atoms with Gasteiger partial charge in [0.05, 0.1) is 39.2 Å². The first-order chi connectivity index (χ1) is 25.2. The van der Waals surface area contributed by atoms with Gasteiger partial charge in [0.15, 0.2) is 6.17 Å². The van der Waals surface area contributed by atoms with E-state index < -0.39 is 0 Å². The van der Waals surface area contributed by atoms with Crippen LogP contribution in [-0.4, -0.2) is 21.9 Å². The summed E-state index contributed by atoms with van der Waals surface area (Å²) < 4.78 is 4.97. The highest BCUT2D eigenvalue weighted by Gasteiger charge is 2.33. The predicted octanol–water partition coefficient (Wildman–Crippen LogP) is 12.0. The van der Waals surface area contributed by atoms with Gasteiger partial charge in [-0.15, -0.1) is 0 Å². The lowest BCUT2D eigenvalue weighted by atomic mass is 9.99. The fraction of sp³-hybridized carbons (Fsp3) is 0.0426.